The van der Waals surface area contributed by atoms with Gasteiger partial charge in [0.15, 0.2) is 0 Å². The summed E-state index contributed by atoms with van der Waals surface area (Å²) in [5.41, 5.74) is 4.26. The average molecular weight is 170 g/mol. The van der Waals surface area contributed by atoms with E-state index in [0.29, 0.717) is 0 Å². The largest absolute Gasteiger partial charge is 0.0842 e. The first-order chi connectivity index (χ1) is 6.38. The van der Waals surface area contributed by atoms with Gasteiger partial charge < -0.3 is 0 Å². The summed E-state index contributed by atoms with van der Waals surface area (Å²) in [4.78, 5) is 0. The lowest BCUT2D eigenvalue weighted by Crippen LogP contribution is -1.90. The average Bonchev–Trinajstić information content (AvgIpc) is 2.20. The van der Waals surface area contributed by atoms with Crippen LogP contribution in [0.15, 0.2) is 42.5 Å². The van der Waals surface area contributed by atoms with Gasteiger partial charge in [-0.15, -0.1) is 0 Å². The Labute approximate surface area is 79.6 Å². The van der Waals surface area contributed by atoms with Crippen LogP contribution in [0.5, 0.6) is 0 Å². The molecule has 0 saturated heterocycles. The van der Waals surface area contributed by atoms with Gasteiger partial charge in [0.1, 0.15) is 0 Å². The molecule has 0 heteroatoms. The van der Waals surface area contributed by atoms with E-state index in [1.807, 2.05) is 0 Å². The summed E-state index contributed by atoms with van der Waals surface area (Å²) in [6, 6.07) is 8.59. The van der Waals surface area contributed by atoms with Gasteiger partial charge in [0.2, 0.25) is 0 Å². The van der Waals surface area contributed by atoms with Crippen LogP contribution < -0.4 is 0 Å². The van der Waals surface area contributed by atoms with Crippen molar-refractivity contribution in [2.45, 2.75) is 19.8 Å². The van der Waals surface area contributed by atoms with E-state index in [-0.39, 0.29) is 0 Å². The van der Waals surface area contributed by atoms with E-state index in [9.17, 15) is 0 Å². The highest BCUT2D eigenvalue weighted by Gasteiger charge is 2.04. The first-order valence-electron chi connectivity index (χ1n) is 4.79. The van der Waals surface area contributed by atoms with Crippen LogP contribution >= 0.6 is 0 Å². The van der Waals surface area contributed by atoms with Crippen LogP contribution in [0.4, 0.5) is 0 Å². The fourth-order valence-electron chi connectivity index (χ4n) is 1.76. The minimum atomic E-state index is 1.18. The van der Waals surface area contributed by atoms with Crippen molar-refractivity contribution in [1.82, 2.24) is 0 Å². The van der Waals surface area contributed by atoms with Crippen molar-refractivity contribution in [3.8, 4) is 0 Å². The Morgan fingerprint density at radius 3 is 2.69 bits per heavy atom. The van der Waals surface area contributed by atoms with Crippen molar-refractivity contribution in [3.63, 3.8) is 0 Å². The van der Waals surface area contributed by atoms with E-state index in [2.05, 4.69) is 49.4 Å². The second kappa shape index (κ2) is 3.61. The van der Waals surface area contributed by atoms with E-state index in [1.54, 1.807) is 0 Å². The molecular weight excluding hydrogens is 156 g/mol. The molecule has 0 radical (unpaired) electrons. The Morgan fingerprint density at radius 2 is 2.00 bits per heavy atom. The second-order valence-electron chi connectivity index (χ2n) is 3.47. The van der Waals surface area contributed by atoms with Crippen LogP contribution in [0, 0.1) is 6.92 Å². The molecule has 0 aromatic heterocycles. The summed E-state index contributed by atoms with van der Waals surface area (Å²) in [6.07, 6.45) is 8.97. The molecule has 0 bridgehead atoms. The predicted molar refractivity (Wildman–Crippen MR) is 57.5 cm³/mol. The Balaban J connectivity index is 2.40. The monoisotopic (exact) mass is 170 g/mol. The van der Waals surface area contributed by atoms with Crippen LogP contribution in [0.2, 0.25) is 0 Å². The highest BCUT2D eigenvalue weighted by Crippen LogP contribution is 2.25. The quantitative estimate of drug-likeness (QED) is 0.602. The third kappa shape index (κ3) is 1.72. The zero-order valence-electron chi connectivity index (χ0n) is 7.96. The maximum Gasteiger partial charge on any atom is -0.0195 e. The van der Waals surface area contributed by atoms with Crippen LogP contribution in [0.25, 0.3) is 5.57 Å². The molecule has 0 amide bonds. The van der Waals surface area contributed by atoms with Crippen LogP contribution in [-0.2, 0) is 0 Å². The van der Waals surface area contributed by atoms with Crippen molar-refractivity contribution < 1.29 is 0 Å². The summed E-state index contributed by atoms with van der Waals surface area (Å²) in [7, 11) is 0. The zero-order chi connectivity index (χ0) is 9.10. The number of aryl methyl sites for hydroxylation is 1. The van der Waals surface area contributed by atoms with Crippen molar-refractivity contribution >= 4 is 5.57 Å². The molecule has 0 unspecified atom stereocenters. The SMILES string of the molecule is Cc1ccccc1C1=CC=CCC1. The number of hydrogen-bond acceptors (Lipinski definition) is 0. The molecule has 1 aromatic rings. The van der Waals surface area contributed by atoms with Gasteiger partial charge in [-0.2, -0.15) is 0 Å². The third-order valence-electron chi connectivity index (χ3n) is 2.50. The first-order valence-corrected chi connectivity index (χ1v) is 4.79. The topological polar surface area (TPSA) is 0 Å². The number of rotatable bonds is 1. The molecule has 13 heavy (non-hydrogen) atoms. The van der Waals surface area contributed by atoms with Gasteiger partial charge >= 0.3 is 0 Å². The number of hydrogen-bond donors (Lipinski definition) is 0. The Bertz CT molecular complexity index is 356. The maximum atomic E-state index is 2.23. The lowest BCUT2D eigenvalue weighted by molar-refractivity contribution is 1.05. The van der Waals surface area contributed by atoms with Crippen LogP contribution in [0.1, 0.15) is 24.0 Å². The van der Waals surface area contributed by atoms with Gasteiger partial charge in [-0.1, -0.05) is 42.5 Å². The Hall–Kier alpha value is -1.30. The van der Waals surface area contributed by atoms with Gasteiger partial charge in [0.25, 0.3) is 0 Å². The molecule has 0 N–H and O–H groups in total. The fourth-order valence-corrected chi connectivity index (χ4v) is 1.76. The molecule has 66 valence electrons. The normalized spacial score (nSPS) is 15.6. The molecule has 0 heterocycles. The van der Waals surface area contributed by atoms with E-state index >= 15 is 0 Å². The molecule has 1 aliphatic carbocycles. The fraction of sp³-hybridized carbons (Fsp3) is 0.231. The summed E-state index contributed by atoms with van der Waals surface area (Å²) >= 11 is 0. The summed E-state index contributed by atoms with van der Waals surface area (Å²) in [5.74, 6) is 0. The Morgan fingerprint density at radius 1 is 1.15 bits per heavy atom. The lowest BCUT2D eigenvalue weighted by Gasteiger charge is -2.11. The molecule has 0 nitrogen and oxygen atoms in total. The van der Waals surface area contributed by atoms with Crippen molar-refractivity contribution in [2.75, 3.05) is 0 Å². The molecule has 0 saturated carbocycles. The minimum Gasteiger partial charge on any atom is -0.0842 e. The molecule has 2 rings (SSSR count). The van der Waals surface area contributed by atoms with Gasteiger partial charge in [-0.25, -0.2) is 0 Å². The predicted octanol–water partition coefficient (Wildman–Crippen LogP) is 3.73. The van der Waals surface area contributed by atoms with Gasteiger partial charge in [-0.3, -0.25) is 0 Å². The summed E-state index contributed by atoms with van der Waals surface area (Å²) in [6.45, 7) is 2.18. The molecule has 0 aliphatic heterocycles. The molecule has 0 spiro atoms. The molecular formula is C13H14. The highest BCUT2D eigenvalue weighted by molar-refractivity contribution is 5.70. The van der Waals surface area contributed by atoms with Crippen molar-refractivity contribution in [2.24, 2.45) is 0 Å². The molecule has 0 atom stereocenters. The minimum absolute atomic E-state index is 1.18. The smallest absolute Gasteiger partial charge is 0.0195 e. The Kier molecular flexibility index (Phi) is 2.31. The number of benzene rings is 1. The number of allylic oxidation sites excluding steroid dienone is 4. The van der Waals surface area contributed by atoms with Crippen molar-refractivity contribution in [1.29, 1.82) is 0 Å². The standard InChI is InChI=1S/C13H14/c1-11-7-5-6-10-13(11)12-8-3-2-4-9-12/h2-3,5-8,10H,4,9H2,1H3. The van der Waals surface area contributed by atoms with Gasteiger partial charge in [0, 0.05) is 0 Å². The first kappa shape index (κ1) is 8.31. The van der Waals surface area contributed by atoms with Crippen molar-refractivity contribution in [3.05, 3.63) is 53.6 Å². The van der Waals surface area contributed by atoms with E-state index in [0.717, 1.165) is 0 Å². The van der Waals surface area contributed by atoms with E-state index in [1.165, 1.54) is 29.5 Å². The van der Waals surface area contributed by atoms with E-state index in [4.69, 9.17) is 0 Å². The highest BCUT2D eigenvalue weighted by atomic mass is 14.1. The third-order valence-corrected chi connectivity index (χ3v) is 2.50. The second-order valence-corrected chi connectivity index (χ2v) is 3.47. The maximum absolute atomic E-state index is 2.23. The zero-order valence-corrected chi connectivity index (χ0v) is 7.96. The molecule has 0 fully saturated rings. The summed E-state index contributed by atoms with van der Waals surface area (Å²) < 4.78 is 0. The van der Waals surface area contributed by atoms with E-state index < -0.39 is 0 Å². The molecule has 1 aromatic carbocycles. The molecule has 1 aliphatic rings. The van der Waals surface area contributed by atoms with Crippen LogP contribution in [0.3, 0.4) is 0 Å². The summed E-state index contributed by atoms with van der Waals surface area (Å²) in [5, 5.41) is 0. The lowest BCUT2D eigenvalue weighted by atomic mass is 9.94. The van der Waals surface area contributed by atoms with Gasteiger partial charge in [0.05, 0.1) is 0 Å². The van der Waals surface area contributed by atoms with Gasteiger partial charge in [-0.05, 0) is 36.5 Å². The van der Waals surface area contributed by atoms with Crippen LogP contribution in [-0.4, -0.2) is 0 Å².